The van der Waals surface area contributed by atoms with Gasteiger partial charge in [0.2, 0.25) is 0 Å². The molecule has 0 spiro atoms. The van der Waals surface area contributed by atoms with Gasteiger partial charge in [-0.15, -0.1) is 0 Å². The van der Waals surface area contributed by atoms with Gasteiger partial charge in [-0.1, -0.05) is 11.6 Å². The highest BCUT2D eigenvalue weighted by molar-refractivity contribution is 6.32. The molecule has 19 heavy (non-hydrogen) atoms. The smallest absolute Gasteiger partial charge is 0.306 e. The summed E-state index contributed by atoms with van der Waals surface area (Å²) in [7, 11) is 0. The van der Waals surface area contributed by atoms with Gasteiger partial charge in [0.25, 0.3) is 0 Å². The molecular weight excluding hydrogens is 268 g/mol. The van der Waals surface area contributed by atoms with Gasteiger partial charge in [-0.25, -0.2) is 4.98 Å². The van der Waals surface area contributed by atoms with E-state index < -0.39 is 5.97 Å². The Hall–Kier alpha value is -1.80. The summed E-state index contributed by atoms with van der Waals surface area (Å²) in [5.74, 6) is -0.606. The normalized spacial score (nSPS) is 21.9. The van der Waals surface area contributed by atoms with Gasteiger partial charge < -0.3 is 9.84 Å². The minimum atomic E-state index is -0.779. The summed E-state index contributed by atoms with van der Waals surface area (Å²) in [6, 6.07) is 1.90. The lowest BCUT2D eigenvalue weighted by atomic mass is 10.1. The molecule has 0 aliphatic heterocycles. The Balaban J connectivity index is 2.11. The first-order chi connectivity index (χ1) is 9.02. The van der Waals surface area contributed by atoms with Crippen molar-refractivity contribution in [3.63, 3.8) is 0 Å². The minimum absolute atomic E-state index is 0.134. The minimum Gasteiger partial charge on any atom is -0.488 e. The second kappa shape index (κ2) is 5.45. The van der Waals surface area contributed by atoms with Gasteiger partial charge in [-0.05, 0) is 26.2 Å². The van der Waals surface area contributed by atoms with E-state index in [1.54, 1.807) is 6.92 Å². The quantitative estimate of drug-likeness (QED) is 0.920. The predicted molar refractivity (Wildman–Crippen MR) is 68.1 cm³/mol. The third kappa shape index (κ3) is 2.79. The number of aromatic nitrogens is 1. The first kappa shape index (κ1) is 13.6. The summed E-state index contributed by atoms with van der Waals surface area (Å²) in [5, 5.41) is 18.0. The number of carboxylic acids is 1. The average Bonchev–Trinajstić information content (AvgIpc) is 2.84. The van der Waals surface area contributed by atoms with Gasteiger partial charge in [0, 0.05) is 5.56 Å². The van der Waals surface area contributed by atoms with E-state index in [0.29, 0.717) is 30.6 Å². The Morgan fingerprint density at radius 1 is 1.63 bits per heavy atom. The summed E-state index contributed by atoms with van der Waals surface area (Å²) in [6.45, 7) is 1.75. The van der Waals surface area contributed by atoms with Crippen LogP contribution in [0, 0.1) is 24.2 Å². The molecule has 0 aromatic carbocycles. The molecule has 6 heteroatoms. The highest BCUT2D eigenvalue weighted by Gasteiger charge is 2.31. The molecule has 1 heterocycles. The van der Waals surface area contributed by atoms with Gasteiger partial charge in [0.1, 0.15) is 11.8 Å². The van der Waals surface area contributed by atoms with Crippen molar-refractivity contribution in [1.82, 2.24) is 4.98 Å². The largest absolute Gasteiger partial charge is 0.488 e. The van der Waals surface area contributed by atoms with Crippen molar-refractivity contribution < 1.29 is 14.6 Å². The maximum Gasteiger partial charge on any atom is 0.306 e. The molecule has 2 rings (SSSR count). The molecule has 1 aromatic rings. The van der Waals surface area contributed by atoms with E-state index in [-0.39, 0.29) is 22.7 Å². The highest BCUT2D eigenvalue weighted by Crippen LogP contribution is 2.33. The molecular formula is C13H13ClN2O3. The molecule has 1 N–H and O–H groups in total. The molecule has 1 aromatic heterocycles. The molecule has 1 aliphatic rings. The Labute approximate surface area is 115 Å². The van der Waals surface area contributed by atoms with Crippen LogP contribution in [0.4, 0.5) is 0 Å². The zero-order valence-electron chi connectivity index (χ0n) is 10.4. The Morgan fingerprint density at radius 2 is 2.37 bits per heavy atom. The lowest BCUT2D eigenvalue weighted by Gasteiger charge is -2.15. The van der Waals surface area contributed by atoms with Crippen molar-refractivity contribution >= 4 is 17.6 Å². The average molecular weight is 281 g/mol. The first-order valence-electron chi connectivity index (χ1n) is 5.97. The van der Waals surface area contributed by atoms with Gasteiger partial charge in [-0.3, -0.25) is 4.79 Å². The molecule has 0 bridgehead atoms. The van der Waals surface area contributed by atoms with E-state index in [4.69, 9.17) is 26.7 Å². The van der Waals surface area contributed by atoms with Gasteiger partial charge in [0.15, 0.2) is 5.69 Å². The van der Waals surface area contributed by atoms with Crippen LogP contribution in [-0.2, 0) is 4.79 Å². The second-order valence-electron chi connectivity index (χ2n) is 4.61. The van der Waals surface area contributed by atoms with Crippen molar-refractivity contribution in [3.05, 3.63) is 22.5 Å². The zero-order chi connectivity index (χ0) is 14.0. The molecule has 1 saturated carbocycles. The van der Waals surface area contributed by atoms with Crippen molar-refractivity contribution in [3.8, 4) is 11.8 Å². The fourth-order valence-corrected chi connectivity index (χ4v) is 2.39. The number of hydrogen-bond donors (Lipinski definition) is 1. The maximum absolute atomic E-state index is 10.9. The number of halogens is 1. The van der Waals surface area contributed by atoms with E-state index in [0.717, 1.165) is 0 Å². The van der Waals surface area contributed by atoms with E-state index in [1.165, 1.54) is 6.20 Å². The van der Waals surface area contributed by atoms with Crippen LogP contribution in [0.1, 0.15) is 30.5 Å². The van der Waals surface area contributed by atoms with Crippen LogP contribution in [0.3, 0.4) is 0 Å². The number of carboxylic acid groups (broad SMARTS) is 1. The van der Waals surface area contributed by atoms with Gasteiger partial charge in [-0.2, -0.15) is 5.26 Å². The van der Waals surface area contributed by atoms with Crippen LogP contribution in [0.5, 0.6) is 5.75 Å². The fraction of sp³-hybridized carbons (Fsp3) is 0.462. The Morgan fingerprint density at radius 3 is 2.95 bits per heavy atom. The van der Waals surface area contributed by atoms with E-state index in [9.17, 15) is 4.79 Å². The van der Waals surface area contributed by atoms with Crippen molar-refractivity contribution in [2.75, 3.05) is 0 Å². The molecule has 2 atom stereocenters. The number of nitriles is 1. The summed E-state index contributed by atoms with van der Waals surface area (Å²) in [5.41, 5.74) is 0.827. The number of carbonyl (C=O) groups is 1. The number of ether oxygens (including phenoxy) is 1. The predicted octanol–water partition coefficient (Wildman–Crippen LogP) is 2.55. The maximum atomic E-state index is 10.9. The van der Waals surface area contributed by atoms with Crippen LogP contribution in [0.25, 0.3) is 0 Å². The van der Waals surface area contributed by atoms with E-state index in [1.807, 2.05) is 6.07 Å². The number of hydrogen-bond acceptors (Lipinski definition) is 4. The summed E-state index contributed by atoms with van der Waals surface area (Å²) in [6.07, 6.45) is 3.15. The zero-order valence-corrected chi connectivity index (χ0v) is 11.1. The molecule has 0 radical (unpaired) electrons. The van der Waals surface area contributed by atoms with Crippen LogP contribution >= 0.6 is 11.6 Å². The summed E-state index contributed by atoms with van der Waals surface area (Å²) in [4.78, 5) is 14.8. The van der Waals surface area contributed by atoms with Crippen LogP contribution in [-0.4, -0.2) is 22.2 Å². The molecule has 1 fully saturated rings. The molecule has 5 nitrogen and oxygen atoms in total. The van der Waals surface area contributed by atoms with Crippen LogP contribution in [0.15, 0.2) is 6.20 Å². The second-order valence-corrected chi connectivity index (χ2v) is 4.99. The third-order valence-corrected chi connectivity index (χ3v) is 3.81. The van der Waals surface area contributed by atoms with Crippen molar-refractivity contribution in [1.29, 1.82) is 5.26 Å². The number of rotatable bonds is 3. The molecule has 1 aliphatic carbocycles. The third-order valence-electron chi connectivity index (χ3n) is 3.35. The summed E-state index contributed by atoms with van der Waals surface area (Å²) >= 11 is 6.00. The Kier molecular flexibility index (Phi) is 3.91. The molecule has 100 valence electrons. The lowest BCUT2D eigenvalue weighted by Crippen LogP contribution is -2.16. The lowest BCUT2D eigenvalue weighted by molar-refractivity contribution is -0.141. The fourth-order valence-electron chi connectivity index (χ4n) is 2.21. The van der Waals surface area contributed by atoms with Crippen LogP contribution in [0.2, 0.25) is 5.02 Å². The highest BCUT2D eigenvalue weighted by atomic mass is 35.5. The van der Waals surface area contributed by atoms with Crippen molar-refractivity contribution in [2.24, 2.45) is 5.92 Å². The standard InChI is InChI=1S/C13H13ClN2O3/c1-7-11(6-16-10(5-15)12(7)14)19-9-3-2-8(4-9)13(17)18/h6,8-9H,2-4H2,1H3,(H,17,18)/t8?,9-/m1/s1. The monoisotopic (exact) mass is 280 g/mol. The number of nitrogens with zero attached hydrogens (tertiary/aromatic N) is 2. The van der Waals surface area contributed by atoms with E-state index in [2.05, 4.69) is 4.98 Å². The van der Waals surface area contributed by atoms with Gasteiger partial charge >= 0.3 is 5.97 Å². The Bertz CT molecular complexity index is 554. The topological polar surface area (TPSA) is 83.2 Å². The number of aliphatic carboxylic acids is 1. The van der Waals surface area contributed by atoms with Crippen molar-refractivity contribution in [2.45, 2.75) is 32.3 Å². The van der Waals surface area contributed by atoms with Gasteiger partial charge in [0.05, 0.1) is 23.2 Å². The molecule has 0 amide bonds. The molecule has 1 unspecified atom stereocenters. The van der Waals surface area contributed by atoms with E-state index >= 15 is 0 Å². The SMILES string of the molecule is Cc1c(O[C@@H]2CCC(C(=O)O)C2)cnc(C#N)c1Cl. The summed E-state index contributed by atoms with van der Waals surface area (Å²) < 4.78 is 5.75. The number of pyridine rings is 1. The molecule has 0 saturated heterocycles. The first-order valence-corrected chi connectivity index (χ1v) is 6.35. The van der Waals surface area contributed by atoms with Crippen LogP contribution < -0.4 is 4.74 Å².